The molecule has 332 valence electrons. The molecule has 2 fully saturated rings. The molecule has 13 heteroatoms. The molecule has 1 heterocycles. The van der Waals surface area contributed by atoms with Gasteiger partial charge >= 0.3 is 5.97 Å². The first-order valence-electron chi connectivity index (χ1n) is 21.7. The lowest BCUT2D eigenvalue weighted by Crippen LogP contribution is -2.59. The lowest BCUT2D eigenvalue weighted by Gasteiger charge is -2.41. The first kappa shape index (κ1) is 48.3. The molecule has 1 aliphatic heterocycles. The number of likely N-dealkylation sites (tertiary alicyclic amines) is 1. The van der Waals surface area contributed by atoms with E-state index in [1.165, 1.54) is 0 Å². The highest BCUT2D eigenvalue weighted by Crippen LogP contribution is 2.52. The third kappa shape index (κ3) is 11.3. The van der Waals surface area contributed by atoms with Crippen molar-refractivity contribution in [2.75, 3.05) is 34.9 Å². The molecule has 10 atom stereocenters. The van der Waals surface area contributed by atoms with Gasteiger partial charge in [-0.3, -0.25) is 19.2 Å². The molecule has 4 rings (SSSR count). The molecular weight excluding hydrogens is 763 g/mol. The van der Waals surface area contributed by atoms with E-state index in [1.54, 1.807) is 45.0 Å². The third-order valence-electron chi connectivity index (χ3n) is 12.8. The predicted molar refractivity (Wildman–Crippen MR) is 231 cm³/mol. The zero-order valence-corrected chi connectivity index (χ0v) is 37.7. The summed E-state index contributed by atoms with van der Waals surface area (Å²) < 4.78 is 17.9. The van der Waals surface area contributed by atoms with Crippen LogP contribution in [0.3, 0.4) is 0 Å². The van der Waals surface area contributed by atoms with Crippen molar-refractivity contribution >= 4 is 29.6 Å². The minimum Gasteiger partial charge on any atom is -0.459 e. The van der Waals surface area contributed by atoms with Crippen LogP contribution in [-0.2, 0) is 44.8 Å². The van der Waals surface area contributed by atoms with Crippen molar-refractivity contribution in [2.45, 2.75) is 135 Å². The van der Waals surface area contributed by atoms with E-state index in [0.29, 0.717) is 19.4 Å². The molecule has 2 aromatic rings. The number of hydrogen-bond donors (Lipinski definition) is 3. The molecule has 60 heavy (non-hydrogen) atoms. The van der Waals surface area contributed by atoms with Crippen LogP contribution in [0.1, 0.15) is 97.6 Å². The molecule has 0 radical (unpaired) electrons. The van der Waals surface area contributed by atoms with Crippen LogP contribution in [-0.4, -0.2) is 116 Å². The molecule has 3 N–H and O–H groups in total. The smallest absolute Gasteiger partial charge is 0.332 e. The quantitative estimate of drug-likeness (QED) is 0.138. The highest BCUT2D eigenvalue weighted by Gasteiger charge is 2.63. The van der Waals surface area contributed by atoms with Gasteiger partial charge in [0.1, 0.15) is 18.2 Å². The number of benzene rings is 2. The Balaban J connectivity index is 1.50. The van der Waals surface area contributed by atoms with Gasteiger partial charge in [-0.25, -0.2) is 4.79 Å². The standard InChI is InChI=1S/C47H71N5O8/c1-12-31(6)41(51(9)45(56)40(30(4)5)49-44(55)39(48-8)29(2)3)37(58-10)26-38(53)52-25-19-24-36(52)42(59-11)32(7)43(54)50-47(27-35(47)34-22-17-14-18-23-34)46(57)60-28-33-20-15-13-16-21-33/h13-18,20-23,29-32,35-37,39-42,48H,12,19,24-28H2,1-11H3,(H,49,55)(H,50,54)/t31-,32+,35+,36-,37+,39-,40-,41-,42+,47-/m0/s1. The molecule has 1 saturated heterocycles. The molecule has 13 nitrogen and oxygen atoms in total. The van der Waals surface area contributed by atoms with E-state index in [9.17, 15) is 24.0 Å². The summed E-state index contributed by atoms with van der Waals surface area (Å²) in [5.41, 5.74) is 0.554. The number of carbonyl (C=O) groups is 5. The normalized spacial score (nSPS) is 22.2. The SMILES string of the molecule is CC[C@H](C)[C@@H]([C@@H](CC(=O)N1CCC[C@H]1[C@H](OC)[C@@H](C)C(=O)N[C@@]1(C(=O)OCc2ccccc2)C[C@@H]1c1ccccc1)OC)N(C)C(=O)[C@@H](NC(=O)[C@@H](NC)C(C)C)C(C)C. The maximum Gasteiger partial charge on any atom is 0.332 e. The highest BCUT2D eigenvalue weighted by molar-refractivity contribution is 5.94. The average Bonchev–Trinajstić information content (AvgIpc) is 3.77. The molecule has 2 aromatic carbocycles. The monoisotopic (exact) mass is 834 g/mol. The van der Waals surface area contributed by atoms with Gasteiger partial charge in [0, 0.05) is 33.7 Å². The highest BCUT2D eigenvalue weighted by atomic mass is 16.5. The topological polar surface area (TPSA) is 156 Å². The maximum absolute atomic E-state index is 14.4. The zero-order valence-electron chi connectivity index (χ0n) is 37.7. The van der Waals surface area contributed by atoms with Crippen molar-refractivity contribution in [2.24, 2.45) is 23.7 Å². The summed E-state index contributed by atoms with van der Waals surface area (Å²) in [4.78, 5) is 73.4. The number of methoxy groups -OCH3 is 2. The number of carbonyl (C=O) groups excluding carboxylic acids is 5. The summed E-state index contributed by atoms with van der Waals surface area (Å²) in [5, 5.41) is 9.14. The Kier molecular flexibility index (Phi) is 17.7. The number of ether oxygens (including phenoxy) is 3. The van der Waals surface area contributed by atoms with Gasteiger partial charge in [-0.15, -0.1) is 0 Å². The third-order valence-corrected chi connectivity index (χ3v) is 12.8. The van der Waals surface area contributed by atoms with Crippen LogP contribution in [0, 0.1) is 23.7 Å². The first-order chi connectivity index (χ1) is 28.6. The number of nitrogens with one attached hydrogen (secondary N) is 3. The number of nitrogens with zero attached hydrogens (tertiary/aromatic N) is 2. The van der Waals surface area contributed by atoms with Gasteiger partial charge in [0.2, 0.25) is 23.6 Å². The van der Waals surface area contributed by atoms with E-state index >= 15 is 0 Å². The second kappa shape index (κ2) is 22.0. The van der Waals surface area contributed by atoms with E-state index in [2.05, 4.69) is 16.0 Å². The lowest BCUT2D eigenvalue weighted by molar-refractivity contribution is -0.152. The molecule has 1 saturated carbocycles. The fraction of sp³-hybridized carbons (Fsp3) is 0.638. The van der Waals surface area contributed by atoms with Crippen molar-refractivity contribution in [1.82, 2.24) is 25.8 Å². The number of rotatable bonds is 22. The summed E-state index contributed by atoms with van der Waals surface area (Å²) in [6.45, 7) is 14.1. The van der Waals surface area contributed by atoms with Crippen LogP contribution in [0.4, 0.5) is 0 Å². The molecule has 0 unspecified atom stereocenters. The van der Waals surface area contributed by atoms with E-state index in [0.717, 1.165) is 24.0 Å². The van der Waals surface area contributed by atoms with Crippen LogP contribution >= 0.6 is 0 Å². The summed E-state index contributed by atoms with van der Waals surface area (Å²) >= 11 is 0. The van der Waals surface area contributed by atoms with Crippen molar-refractivity contribution < 1.29 is 38.2 Å². The minimum absolute atomic E-state index is 0.000355. The zero-order chi connectivity index (χ0) is 44.3. The molecule has 1 aliphatic carbocycles. The Morgan fingerprint density at radius 1 is 0.867 bits per heavy atom. The van der Waals surface area contributed by atoms with Crippen LogP contribution in [0.25, 0.3) is 0 Å². The summed E-state index contributed by atoms with van der Waals surface area (Å²) in [5.74, 6) is -2.69. The molecule has 0 spiro atoms. The Hall–Kier alpha value is -4.33. The van der Waals surface area contributed by atoms with Crippen molar-refractivity contribution in [3.8, 4) is 0 Å². The van der Waals surface area contributed by atoms with Gasteiger partial charge in [-0.1, -0.05) is 116 Å². The van der Waals surface area contributed by atoms with Gasteiger partial charge in [-0.2, -0.15) is 0 Å². The molecule has 0 aromatic heterocycles. The minimum atomic E-state index is -1.23. The molecule has 2 aliphatic rings. The fourth-order valence-corrected chi connectivity index (χ4v) is 9.00. The Labute approximate surface area is 358 Å². The summed E-state index contributed by atoms with van der Waals surface area (Å²) in [6, 6.07) is 16.9. The van der Waals surface area contributed by atoms with E-state index in [1.807, 2.05) is 102 Å². The van der Waals surface area contributed by atoms with Crippen LogP contribution in [0.2, 0.25) is 0 Å². The van der Waals surface area contributed by atoms with Crippen molar-refractivity contribution in [3.63, 3.8) is 0 Å². The fourth-order valence-electron chi connectivity index (χ4n) is 9.00. The van der Waals surface area contributed by atoms with Gasteiger partial charge in [0.15, 0.2) is 0 Å². The second-order valence-electron chi connectivity index (χ2n) is 17.5. The number of esters is 1. The van der Waals surface area contributed by atoms with E-state index in [4.69, 9.17) is 14.2 Å². The summed E-state index contributed by atoms with van der Waals surface area (Å²) in [7, 11) is 6.56. The Bertz CT molecular complexity index is 1730. The second-order valence-corrected chi connectivity index (χ2v) is 17.5. The number of hydrogen-bond acceptors (Lipinski definition) is 9. The largest absolute Gasteiger partial charge is 0.459 e. The van der Waals surface area contributed by atoms with Gasteiger partial charge < -0.3 is 40.0 Å². The Morgan fingerprint density at radius 2 is 1.48 bits per heavy atom. The van der Waals surface area contributed by atoms with Crippen molar-refractivity contribution in [3.05, 3.63) is 71.8 Å². The Morgan fingerprint density at radius 3 is 2.03 bits per heavy atom. The first-order valence-corrected chi connectivity index (χ1v) is 21.7. The average molecular weight is 834 g/mol. The van der Waals surface area contributed by atoms with Crippen LogP contribution in [0.5, 0.6) is 0 Å². The maximum atomic E-state index is 14.4. The molecular formula is C47H71N5O8. The molecule has 4 amide bonds. The number of amides is 4. The van der Waals surface area contributed by atoms with Gasteiger partial charge in [0.25, 0.3) is 0 Å². The van der Waals surface area contributed by atoms with E-state index in [-0.39, 0.29) is 60.3 Å². The number of likely N-dealkylation sites (N-methyl/N-ethyl adjacent to an activating group) is 2. The lowest BCUT2D eigenvalue weighted by atomic mass is 9.89. The van der Waals surface area contributed by atoms with Gasteiger partial charge in [0.05, 0.1) is 42.7 Å². The molecule has 0 bridgehead atoms. The predicted octanol–water partition coefficient (Wildman–Crippen LogP) is 5.08. The van der Waals surface area contributed by atoms with Crippen molar-refractivity contribution in [1.29, 1.82) is 0 Å². The van der Waals surface area contributed by atoms with Crippen LogP contribution < -0.4 is 16.0 Å². The van der Waals surface area contributed by atoms with Crippen LogP contribution in [0.15, 0.2) is 60.7 Å². The summed E-state index contributed by atoms with van der Waals surface area (Å²) in [6.07, 6.45) is 1.16. The van der Waals surface area contributed by atoms with E-state index < -0.39 is 53.8 Å². The van der Waals surface area contributed by atoms with Gasteiger partial charge in [-0.05, 0) is 55.2 Å².